The van der Waals surface area contributed by atoms with E-state index in [-0.39, 0.29) is 0 Å². The van der Waals surface area contributed by atoms with Gasteiger partial charge in [0.25, 0.3) is 0 Å². The molecule has 0 saturated carbocycles. The van der Waals surface area contributed by atoms with E-state index in [1.54, 1.807) is 0 Å². The van der Waals surface area contributed by atoms with Gasteiger partial charge in [-0.1, -0.05) is 23.7 Å². The summed E-state index contributed by atoms with van der Waals surface area (Å²) in [5.74, 6) is 0. The number of hydrogen-bond donors (Lipinski definition) is 0. The molecule has 0 spiro atoms. The average Bonchev–Trinajstić information content (AvgIpc) is 2.78. The lowest BCUT2D eigenvalue weighted by atomic mass is 10.2. The zero-order valence-corrected chi connectivity index (χ0v) is 17.9. The van der Waals surface area contributed by atoms with Crippen molar-refractivity contribution < 1.29 is 18.9 Å². The zero-order valence-electron chi connectivity index (χ0n) is 17.2. The summed E-state index contributed by atoms with van der Waals surface area (Å²) in [7, 11) is 0. The minimum atomic E-state index is 0.585. The van der Waals surface area contributed by atoms with Gasteiger partial charge in [0.2, 0.25) is 0 Å². The maximum Gasteiger partial charge on any atom is 0.0701 e. The Bertz CT molecular complexity index is 737. The first-order valence-electron chi connectivity index (χ1n) is 10.3. The molecule has 1 fully saturated rings. The van der Waals surface area contributed by atoms with Gasteiger partial charge >= 0.3 is 0 Å². The number of nitrogens with zero attached hydrogens (tertiary/aromatic N) is 2. The molecule has 2 aromatic carbocycles. The number of halogens is 1. The monoisotopic (exact) mass is 432 g/mol. The van der Waals surface area contributed by atoms with Crippen LogP contribution in [0, 0.1) is 0 Å². The molecular formula is C23H29ClN2O4. The molecule has 0 atom stereocenters. The predicted octanol–water partition coefficient (Wildman–Crippen LogP) is 3.98. The molecule has 30 heavy (non-hydrogen) atoms. The van der Waals surface area contributed by atoms with Crippen LogP contribution in [-0.2, 0) is 18.9 Å². The van der Waals surface area contributed by atoms with Crippen LogP contribution in [0.1, 0.15) is 5.56 Å². The van der Waals surface area contributed by atoms with Gasteiger partial charge in [0, 0.05) is 30.0 Å². The molecule has 1 aliphatic rings. The first kappa shape index (κ1) is 22.7. The summed E-state index contributed by atoms with van der Waals surface area (Å²) in [4.78, 5) is 6.76. The van der Waals surface area contributed by atoms with Gasteiger partial charge in [-0.25, -0.2) is 0 Å². The van der Waals surface area contributed by atoms with E-state index >= 15 is 0 Å². The second kappa shape index (κ2) is 13.4. The van der Waals surface area contributed by atoms with Crippen LogP contribution in [0.15, 0.2) is 53.5 Å². The van der Waals surface area contributed by atoms with Crippen LogP contribution in [0.2, 0.25) is 5.02 Å². The molecule has 1 aliphatic heterocycles. The van der Waals surface area contributed by atoms with Crippen LogP contribution in [-0.4, -0.2) is 72.2 Å². The molecule has 0 radical (unpaired) electrons. The van der Waals surface area contributed by atoms with Crippen molar-refractivity contribution in [3.05, 3.63) is 59.1 Å². The molecule has 1 saturated heterocycles. The van der Waals surface area contributed by atoms with Crippen LogP contribution in [0.3, 0.4) is 0 Å². The highest BCUT2D eigenvalue weighted by Gasteiger charge is 2.07. The molecular weight excluding hydrogens is 404 g/mol. The molecule has 0 bridgehead atoms. The van der Waals surface area contributed by atoms with E-state index in [0.29, 0.717) is 57.9 Å². The van der Waals surface area contributed by atoms with Gasteiger partial charge in [-0.05, 0) is 42.0 Å². The largest absolute Gasteiger partial charge is 0.377 e. The van der Waals surface area contributed by atoms with Gasteiger partial charge < -0.3 is 23.8 Å². The number of rotatable bonds is 3. The van der Waals surface area contributed by atoms with E-state index in [1.807, 2.05) is 30.5 Å². The third-order valence-electron chi connectivity index (χ3n) is 4.57. The minimum Gasteiger partial charge on any atom is -0.377 e. The van der Waals surface area contributed by atoms with E-state index in [1.165, 1.54) is 0 Å². The Morgan fingerprint density at radius 2 is 1.17 bits per heavy atom. The minimum absolute atomic E-state index is 0.585. The van der Waals surface area contributed by atoms with E-state index in [4.69, 9.17) is 30.5 Å². The van der Waals surface area contributed by atoms with Gasteiger partial charge in [-0.3, -0.25) is 4.99 Å². The number of ether oxygens (including phenoxy) is 4. The molecule has 7 heteroatoms. The Morgan fingerprint density at radius 3 is 1.70 bits per heavy atom. The molecule has 0 aromatic heterocycles. The Morgan fingerprint density at radius 1 is 0.667 bits per heavy atom. The molecule has 6 nitrogen and oxygen atoms in total. The number of hydrogen-bond acceptors (Lipinski definition) is 6. The number of benzene rings is 2. The first-order valence-corrected chi connectivity index (χ1v) is 10.6. The number of anilines is 1. The van der Waals surface area contributed by atoms with Crippen molar-refractivity contribution in [1.82, 2.24) is 0 Å². The normalized spacial score (nSPS) is 18.1. The maximum atomic E-state index is 5.91. The van der Waals surface area contributed by atoms with Gasteiger partial charge in [-0.2, -0.15) is 0 Å². The smallest absolute Gasteiger partial charge is 0.0701 e. The zero-order chi connectivity index (χ0) is 20.9. The predicted molar refractivity (Wildman–Crippen MR) is 121 cm³/mol. The average molecular weight is 433 g/mol. The second-order valence-corrected chi connectivity index (χ2v) is 7.20. The lowest BCUT2D eigenvalue weighted by Crippen LogP contribution is -2.31. The van der Waals surface area contributed by atoms with E-state index < -0.39 is 0 Å². The fraction of sp³-hybridized carbons (Fsp3) is 0.435. The summed E-state index contributed by atoms with van der Waals surface area (Å²) >= 11 is 5.91. The fourth-order valence-corrected chi connectivity index (χ4v) is 3.05. The second-order valence-electron chi connectivity index (χ2n) is 6.76. The van der Waals surface area contributed by atoms with Crippen molar-refractivity contribution in [3.8, 4) is 0 Å². The van der Waals surface area contributed by atoms with Crippen molar-refractivity contribution in [1.29, 1.82) is 0 Å². The van der Waals surface area contributed by atoms with E-state index in [2.05, 4.69) is 34.2 Å². The summed E-state index contributed by atoms with van der Waals surface area (Å²) < 4.78 is 22.3. The topological polar surface area (TPSA) is 52.5 Å². The summed E-state index contributed by atoms with van der Waals surface area (Å²) in [6.07, 6.45) is 1.85. The molecule has 1 heterocycles. The van der Waals surface area contributed by atoms with E-state index in [0.717, 1.165) is 30.0 Å². The third-order valence-corrected chi connectivity index (χ3v) is 4.83. The highest BCUT2D eigenvalue weighted by atomic mass is 35.5. The third kappa shape index (κ3) is 8.42. The molecule has 0 amide bonds. The molecule has 0 unspecified atom stereocenters. The van der Waals surface area contributed by atoms with Crippen LogP contribution in [0.5, 0.6) is 0 Å². The molecule has 0 aliphatic carbocycles. The van der Waals surface area contributed by atoms with Crippen LogP contribution in [0.4, 0.5) is 11.4 Å². The van der Waals surface area contributed by atoms with Crippen LogP contribution in [0.25, 0.3) is 0 Å². The number of aliphatic imine (C=N–C) groups is 1. The maximum absolute atomic E-state index is 5.91. The lowest BCUT2D eigenvalue weighted by Gasteiger charge is -2.25. The summed E-state index contributed by atoms with van der Waals surface area (Å²) in [5, 5.41) is 0.708. The molecule has 162 valence electrons. The van der Waals surface area contributed by atoms with Crippen molar-refractivity contribution in [3.63, 3.8) is 0 Å². The molecule has 3 rings (SSSR count). The van der Waals surface area contributed by atoms with Crippen molar-refractivity contribution in [2.45, 2.75) is 0 Å². The first-order chi connectivity index (χ1) is 14.8. The lowest BCUT2D eigenvalue weighted by molar-refractivity contribution is 0.00206. The van der Waals surface area contributed by atoms with Gasteiger partial charge in [0.1, 0.15) is 0 Å². The molecule has 0 N–H and O–H groups in total. The summed E-state index contributed by atoms with van der Waals surface area (Å²) in [5.41, 5.74) is 3.04. The molecule has 2 aromatic rings. The Balaban J connectivity index is 1.57. The van der Waals surface area contributed by atoms with Gasteiger partial charge in [0.05, 0.1) is 58.5 Å². The van der Waals surface area contributed by atoms with Crippen LogP contribution >= 0.6 is 11.6 Å². The fourth-order valence-electron chi connectivity index (χ4n) is 2.93. The van der Waals surface area contributed by atoms with Crippen molar-refractivity contribution in [2.75, 3.05) is 70.8 Å². The summed E-state index contributed by atoms with van der Waals surface area (Å²) in [6.45, 7) is 6.37. The Hall–Kier alpha value is -1.96. The SMILES string of the molecule is Clc1ccc(N=Cc2ccc(N3CCOCCOCCOCCOCC3)cc2)cc1. The Labute approximate surface area is 183 Å². The van der Waals surface area contributed by atoms with Crippen LogP contribution < -0.4 is 4.90 Å². The standard InChI is InChI=1S/C23H29ClN2O4/c24-21-3-5-22(6-4-21)25-19-20-1-7-23(8-2-20)26-9-11-27-13-15-29-17-18-30-16-14-28-12-10-26/h1-8,19H,9-18H2. The highest BCUT2D eigenvalue weighted by Crippen LogP contribution is 2.18. The summed E-state index contributed by atoms with van der Waals surface area (Å²) in [6, 6.07) is 15.8. The Kier molecular flexibility index (Phi) is 10.1. The highest BCUT2D eigenvalue weighted by molar-refractivity contribution is 6.30. The van der Waals surface area contributed by atoms with Crippen molar-refractivity contribution >= 4 is 29.2 Å². The van der Waals surface area contributed by atoms with Gasteiger partial charge in [0.15, 0.2) is 0 Å². The quantitative estimate of drug-likeness (QED) is 0.687. The van der Waals surface area contributed by atoms with Gasteiger partial charge in [-0.15, -0.1) is 0 Å². The van der Waals surface area contributed by atoms with E-state index in [9.17, 15) is 0 Å². The van der Waals surface area contributed by atoms with Crippen molar-refractivity contribution in [2.24, 2.45) is 4.99 Å².